The summed E-state index contributed by atoms with van der Waals surface area (Å²) in [6, 6.07) is 11.9. The molecule has 2 aromatic carbocycles. The molecule has 0 aliphatic heterocycles. The van der Waals surface area contributed by atoms with Crippen molar-refractivity contribution >= 4 is 38.6 Å². The summed E-state index contributed by atoms with van der Waals surface area (Å²) in [5.74, 6) is -1.44. The van der Waals surface area contributed by atoms with E-state index in [0.717, 1.165) is 12.7 Å². The summed E-state index contributed by atoms with van der Waals surface area (Å²) in [6.45, 7) is 1.35. The molecule has 0 spiro atoms. The molecule has 30 heavy (non-hydrogen) atoms. The van der Waals surface area contributed by atoms with Crippen molar-refractivity contribution in [3.05, 3.63) is 70.1 Å². The maximum atomic E-state index is 12.3. The minimum atomic E-state index is -3.83. The quantitative estimate of drug-likeness (QED) is 0.450. The molecule has 0 atom stereocenters. The number of ether oxygens (including phenoxy) is 1. The number of hydrogen-bond acceptors (Lipinski definition) is 7. The van der Waals surface area contributed by atoms with Crippen LogP contribution >= 0.6 is 0 Å². The Bertz CT molecular complexity index is 1280. The van der Waals surface area contributed by atoms with Crippen molar-refractivity contribution in [2.75, 3.05) is 19.0 Å². The molecule has 3 aromatic rings. The maximum Gasteiger partial charge on any atom is 0.351 e. The second-order valence-electron chi connectivity index (χ2n) is 6.38. The van der Waals surface area contributed by atoms with E-state index >= 15 is 0 Å². The van der Waals surface area contributed by atoms with Gasteiger partial charge in [0.15, 0.2) is 0 Å². The lowest BCUT2D eigenvalue weighted by molar-refractivity contribution is -0.115. The Hall–Kier alpha value is -3.50. The van der Waals surface area contributed by atoms with Crippen molar-refractivity contribution in [2.45, 2.75) is 11.8 Å². The minimum absolute atomic E-state index is 0.0528. The number of fused-ring (bicyclic) bond motifs is 1. The van der Waals surface area contributed by atoms with Gasteiger partial charge < -0.3 is 14.5 Å². The van der Waals surface area contributed by atoms with E-state index in [2.05, 4.69) is 14.8 Å². The fourth-order valence-electron chi connectivity index (χ4n) is 2.62. The first kappa shape index (κ1) is 21.2. The van der Waals surface area contributed by atoms with Gasteiger partial charge in [0.1, 0.15) is 11.1 Å². The fraction of sp³-hybridized carbons (Fsp3) is 0.150. The number of amides is 1. The number of esters is 1. The van der Waals surface area contributed by atoms with E-state index in [1.165, 1.54) is 36.4 Å². The molecule has 1 heterocycles. The number of carbonyl (C=O) groups excluding carboxylic acids is 2. The van der Waals surface area contributed by atoms with E-state index in [1.807, 2.05) is 6.92 Å². The van der Waals surface area contributed by atoms with Crippen LogP contribution in [0, 0.1) is 6.92 Å². The van der Waals surface area contributed by atoms with Crippen molar-refractivity contribution in [3.63, 3.8) is 0 Å². The molecular weight excluding hydrogens is 412 g/mol. The molecule has 0 bridgehead atoms. The van der Waals surface area contributed by atoms with Crippen LogP contribution in [0.15, 0.2) is 62.6 Å². The van der Waals surface area contributed by atoms with Gasteiger partial charge in [-0.3, -0.25) is 4.79 Å². The lowest BCUT2D eigenvalue weighted by Crippen LogP contribution is -2.32. The lowest BCUT2D eigenvalue weighted by atomic mass is 10.1. The van der Waals surface area contributed by atoms with E-state index in [1.54, 1.807) is 12.1 Å². The Labute approximate surface area is 171 Å². The molecule has 2 N–H and O–H groups in total. The zero-order chi connectivity index (χ0) is 21.9. The van der Waals surface area contributed by atoms with Gasteiger partial charge in [0, 0.05) is 11.1 Å². The van der Waals surface area contributed by atoms with Crippen molar-refractivity contribution in [2.24, 2.45) is 0 Å². The van der Waals surface area contributed by atoms with Gasteiger partial charge in [0.05, 0.1) is 18.6 Å². The molecule has 3 rings (SSSR count). The summed E-state index contributed by atoms with van der Waals surface area (Å²) in [6.07, 6.45) is 0. The van der Waals surface area contributed by atoms with Gasteiger partial charge in [-0.25, -0.2) is 22.7 Å². The monoisotopic (exact) mass is 430 g/mol. The summed E-state index contributed by atoms with van der Waals surface area (Å²) in [5, 5.41) is 2.93. The molecular formula is C20H18N2O7S. The van der Waals surface area contributed by atoms with Gasteiger partial charge >= 0.3 is 11.6 Å². The highest BCUT2D eigenvalue weighted by Crippen LogP contribution is 2.19. The smallest absolute Gasteiger partial charge is 0.351 e. The Morgan fingerprint density at radius 3 is 2.43 bits per heavy atom. The highest BCUT2D eigenvalue weighted by molar-refractivity contribution is 7.89. The van der Waals surface area contributed by atoms with E-state index in [4.69, 9.17) is 4.42 Å². The number of nitrogens with one attached hydrogen (secondary N) is 2. The van der Waals surface area contributed by atoms with E-state index < -0.39 is 34.1 Å². The van der Waals surface area contributed by atoms with Crippen LogP contribution in [0.2, 0.25) is 0 Å². The van der Waals surface area contributed by atoms with Crippen LogP contribution in [-0.4, -0.2) is 33.9 Å². The summed E-state index contributed by atoms with van der Waals surface area (Å²) in [4.78, 5) is 35.7. The number of carbonyl (C=O) groups is 2. The van der Waals surface area contributed by atoms with Gasteiger partial charge in [-0.2, -0.15) is 0 Å². The van der Waals surface area contributed by atoms with E-state index in [9.17, 15) is 22.8 Å². The summed E-state index contributed by atoms with van der Waals surface area (Å²) < 4.78 is 36.3. The maximum absolute atomic E-state index is 12.3. The number of aryl methyl sites for hydroxylation is 1. The van der Waals surface area contributed by atoms with Crippen molar-refractivity contribution < 1.29 is 27.2 Å². The molecule has 0 radical (unpaired) electrons. The van der Waals surface area contributed by atoms with Crippen molar-refractivity contribution in [3.8, 4) is 0 Å². The zero-order valence-corrected chi connectivity index (χ0v) is 16.9. The predicted octanol–water partition coefficient (Wildman–Crippen LogP) is 1.81. The van der Waals surface area contributed by atoms with Crippen LogP contribution in [-0.2, 0) is 19.6 Å². The van der Waals surface area contributed by atoms with E-state index in [-0.39, 0.29) is 16.0 Å². The molecule has 1 amide bonds. The Morgan fingerprint density at radius 2 is 1.77 bits per heavy atom. The third-order valence-corrected chi connectivity index (χ3v) is 5.59. The van der Waals surface area contributed by atoms with Crippen LogP contribution in [0.25, 0.3) is 11.0 Å². The molecule has 0 fully saturated rings. The van der Waals surface area contributed by atoms with Gasteiger partial charge in [-0.1, -0.05) is 17.7 Å². The molecule has 0 aliphatic rings. The first-order valence-electron chi connectivity index (χ1n) is 8.72. The van der Waals surface area contributed by atoms with Crippen molar-refractivity contribution in [1.29, 1.82) is 0 Å². The minimum Gasteiger partial charge on any atom is -0.465 e. The van der Waals surface area contributed by atoms with Crippen LogP contribution < -0.4 is 15.7 Å². The van der Waals surface area contributed by atoms with E-state index in [0.29, 0.717) is 11.1 Å². The molecule has 0 aliphatic carbocycles. The number of anilines is 1. The van der Waals surface area contributed by atoms with Crippen LogP contribution in [0.3, 0.4) is 0 Å². The third-order valence-electron chi connectivity index (χ3n) is 4.18. The Balaban J connectivity index is 1.73. The van der Waals surface area contributed by atoms with Crippen LogP contribution in [0.1, 0.15) is 15.9 Å². The first-order chi connectivity index (χ1) is 14.2. The SMILES string of the molecule is COC(=O)c1cc2cc(NC(=O)CNS(=O)(=O)c3ccc(C)cc3)ccc2oc1=O. The van der Waals surface area contributed by atoms with Crippen molar-refractivity contribution in [1.82, 2.24) is 4.72 Å². The number of methoxy groups -OCH3 is 1. The summed E-state index contributed by atoms with van der Waals surface area (Å²) in [7, 11) is -2.69. The molecule has 0 unspecified atom stereocenters. The van der Waals surface area contributed by atoms with Crippen LogP contribution in [0.5, 0.6) is 0 Å². The average molecular weight is 430 g/mol. The normalized spacial score (nSPS) is 11.3. The molecule has 0 saturated heterocycles. The van der Waals surface area contributed by atoms with Crippen LogP contribution in [0.4, 0.5) is 5.69 Å². The molecule has 0 saturated carbocycles. The summed E-state index contributed by atoms with van der Waals surface area (Å²) in [5.41, 5.74) is 0.336. The zero-order valence-electron chi connectivity index (χ0n) is 16.1. The lowest BCUT2D eigenvalue weighted by Gasteiger charge is -2.09. The largest absolute Gasteiger partial charge is 0.465 e. The van der Waals surface area contributed by atoms with Gasteiger partial charge in [0.25, 0.3) is 0 Å². The average Bonchev–Trinajstić information content (AvgIpc) is 2.72. The topological polar surface area (TPSA) is 132 Å². The number of sulfonamides is 1. The molecule has 10 heteroatoms. The summed E-state index contributed by atoms with van der Waals surface area (Å²) >= 11 is 0. The Kier molecular flexibility index (Phi) is 5.99. The number of rotatable bonds is 6. The number of hydrogen-bond donors (Lipinski definition) is 2. The molecule has 1 aromatic heterocycles. The number of benzene rings is 2. The second kappa shape index (κ2) is 8.47. The Morgan fingerprint density at radius 1 is 1.07 bits per heavy atom. The second-order valence-corrected chi connectivity index (χ2v) is 8.14. The first-order valence-corrected chi connectivity index (χ1v) is 10.2. The van der Waals surface area contributed by atoms with Gasteiger partial charge in [0.2, 0.25) is 15.9 Å². The van der Waals surface area contributed by atoms with Gasteiger partial charge in [-0.05, 0) is 43.3 Å². The highest BCUT2D eigenvalue weighted by atomic mass is 32.2. The molecule has 9 nitrogen and oxygen atoms in total. The van der Waals surface area contributed by atoms with Gasteiger partial charge in [-0.15, -0.1) is 0 Å². The predicted molar refractivity (Wildman–Crippen MR) is 109 cm³/mol. The molecule has 156 valence electrons. The third kappa shape index (κ3) is 4.73. The standard InChI is InChI=1S/C20H18N2O7S/c1-12-3-6-15(7-4-12)30(26,27)21-11-18(23)22-14-5-8-17-13(9-14)10-16(19(24)28-2)20(25)29-17/h3-10,21H,11H2,1-2H3,(H,22,23). The fourth-order valence-corrected chi connectivity index (χ4v) is 3.60. The highest BCUT2D eigenvalue weighted by Gasteiger charge is 2.16.